The minimum Gasteiger partial charge on any atom is -0.314 e. The largest absolute Gasteiger partial charge is 0.314 e. The van der Waals surface area contributed by atoms with Gasteiger partial charge in [-0.2, -0.15) is 11.8 Å². The Labute approximate surface area is 99.8 Å². The first-order valence-electron chi connectivity index (χ1n) is 6.52. The van der Waals surface area contributed by atoms with Crippen molar-refractivity contribution in [1.29, 1.82) is 0 Å². The Morgan fingerprint density at radius 1 is 1.27 bits per heavy atom. The van der Waals surface area contributed by atoms with Crippen LogP contribution in [0.4, 0.5) is 0 Å². The van der Waals surface area contributed by atoms with Crippen molar-refractivity contribution in [1.82, 2.24) is 5.32 Å². The molecular weight excluding hydrogens is 202 g/mol. The van der Waals surface area contributed by atoms with Crippen LogP contribution in [0, 0.1) is 5.92 Å². The molecule has 0 spiro atoms. The van der Waals surface area contributed by atoms with Gasteiger partial charge in [0.15, 0.2) is 0 Å². The quantitative estimate of drug-likeness (QED) is 0.745. The lowest BCUT2D eigenvalue weighted by Crippen LogP contribution is -2.34. The monoisotopic (exact) mass is 229 g/mol. The highest BCUT2D eigenvalue weighted by atomic mass is 32.2. The summed E-state index contributed by atoms with van der Waals surface area (Å²) in [5.74, 6) is 1.02. The molecule has 1 saturated carbocycles. The smallest absolute Gasteiger partial charge is 0.00672 e. The van der Waals surface area contributed by atoms with E-state index in [-0.39, 0.29) is 0 Å². The standard InChI is InChI=1S/C13H27NS/c1-4-12-5-7-13(8-6-12)14-10-9-11(2)15-3/h11-14H,4-10H2,1-3H3. The molecule has 1 nitrogen and oxygen atoms in total. The van der Waals surface area contributed by atoms with E-state index in [0.717, 1.165) is 17.2 Å². The molecule has 0 aromatic heterocycles. The van der Waals surface area contributed by atoms with E-state index >= 15 is 0 Å². The van der Waals surface area contributed by atoms with Gasteiger partial charge in [-0.05, 0) is 50.8 Å². The normalized spacial score (nSPS) is 29.0. The number of rotatable bonds is 6. The lowest BCUT2D eigenvalue weighted by molar-refractivity contribution is 0.286. The van der Waals surface area contributed by atoms with Crippen molar-refractivity contribution in [2.24, 2.45) is 5.92 Å². The molecule has 0 aliphatic heterocycles. The van der Waals surface area contributed by atoms with E-state index in [0.29, 0.717) is 0 Å². The summed E-state index contributed by atoms with van der Waals surface area (Å²) < 4.78 is 0. The zero-order valence-electron chi connectivity index (χ0n) is 10.6. The summed E-state index contributed by atoms with van der Waals surface area (Å²) in [6, 6.07) is 0.821. The van der Waals surface area contributed by atoms with Crippen LogP contribution in [0.25, 0.3) is 0 Å². The van der Waals surface area contributed by atoms with E-state index in [1.54, 1.807) is 0 Å². The summed E-state index contributed by atoms with van der Waals surface area (Å²) in [5.41, 5.74) is 0. The third kappa shape index (κ3) is 5.26. The molecular formula is C13H27NS. The Bertz CT molecular complexity index is 153. The summed E-state index contributed by atoms with van der Waals surface area (Å²) >= 11 is 1.98. The highest BCUT2D eigenvalue weighted by Gasteiger charge is 2.19. The molecule has 0 radical (unpaired) electrons. The first kappa shape index (κ1) is 13.4. The average molecular weight is 229 g/mol. The number of hydrogen-bond donors (Lipinski definition) is 1. The van der Waals surface area contributed by atoms with Crippen LogP contribution < -0.4 is 5.32 Å². The fourth-order valence-corrected chi connectivity index (χ4v) is 2.74. The van der Waals surface area contributed by atoms with E-state index in [9.17, 15) is 0 Å². The van der Waals surface area contributed by atoms with Gasteiger partial charge in [0.1, 0.15) is 0 Å². The molecule has 0 saturated heterocycles. The molecule has 1 rings (SSSR count). The first-order chi connectivity index (χ1) is 7.26. The highest BCUT2D eigenvalue weighted by molar-refractivity contribution is 7.99. The molecule has 1 N–H and O–H groups in total. The van der Waals surface area contributed by atoms with Crippen LogP contribution in [-0.4, -0.2) is 24.1 Å². The molecule has 1 unspecified atom stereocenters. The summed E-state index contributed by atoms with van der Waals surface area (Å²) in [4.78, 5) is 0. The zero-order valence-corrected chi connectivity index (χ0v) is 11.4. The Hall–Kier alpha value is 0.310. The number of nitrogens with one attached hydrogen (secondary N) is 1. The van der Waals surface area contributed by atoms with Crippen LogP contribution in [0.1, 0.15) is 52.4 Å². The van der Waals surface area contributed by atoms with Crippen LogP contribution in [-0.2, 0) is 0 Å². The molecule has 1 atom stereocenters. The van der Waals surface area contributed by atoms with E-state index < -0.39 is 0 Å². The van der Waals surface area contributed by atoms with Crippen LogP contribution in [0.3, 0.4) is 0 Å². The van der Waals surface area contributed by atoms with Crippen LogP contribution in [0.2, 0.25) is 0 Å². The van der Waals surface area contributed by atoms with E-state index in [1.807, 2.05) is 11.8 Å². The third-order valence-electron chi connectivity index (χ3n) is 3.81. The van der Waals surface area contributed by atoms with Crippen molar-refractivity contribution in [2.45, 2.75) is 63.7 Å². The summed E-state index contributed by atoms with van der Waals surface area (Å²) in [6.07, 6.45) is 10.6. The van der Waals surface area contributed by atoms with E-state index in [2.05, 4.69) is 25.4 Å². The van der Waals surface area contributed by atoms with Gasteiger partial charge in [0.05, 0.1) is 0 Å². The van der Waals surface area contributed by atoms with Gasteiger partial charge in [0.2, 0.25) is 0 Å². The summed E-state index contributed by atoms with van der Waals surface area (Å²) in [6.45, 7) is 5.86. The zero-order chi connectivity index (χ0) is 11.1. The van der Waals surface area contributed by atoms with Gasteiger partial charge in [0, 0.05) is 11.3 Å². The Kier molecular flexibility index (Phi) is 6.74. The van der Waals surface area contributed by atoms with Crippen molar-refractivity contribution in [3.05, 3.63) is 0 Å². The predicted molar refractivity (Wildman–Crippen MR) is 71.6 cm³/mol. The number of hydrogen-bond acceptors (Lipinski definition) is 2. The maximum atomic E-state index is 3.72. The number of thioether (sulfide) groups is 1. The van der Waals surface area contributed by atoms with Crippen LogP contribution >= 0.6 is 11.8 Å². The van der Waals surface area contributed by atoms with Crippen LogP contribution in [0.15, 0.2) is 0 Å². The molecule has 0 aromatic rings. The Morgan fingerprint density at radius 3 is 2.47 bits per heavy atom. The fraction of sp³-hybridized carbons (Fsp3) is 1.00. The topological polar surface area (TPSA) is 12.0 Å². The average Bonchev–Trinajstić information content (AvgIpc) is 2.29. The maximum Gasteiger partial charge on any atom is 0.00672 e. The summed E-state index contributed by atoms with van der Waals surface area (Å²) in [5, 5.41) is 4.53. The lowest BCUT2D eigenvalue weighted by Gasteiger charge is -2.28. The van der Waals surface area contributed by atoms with Crippen molar-refractivity contribution in [2.75, 3.05) is 12.8 Å². The second-order valence-electron chi connectivity index (χ2n) is 4.92. The van der Waals surface area contributed by atoms with Gasteiger partial charge in [-0.1, -0.05) is 20.3 Å². The Balaban J connectivity index is 2.03. The molecule has 0 heterocycles. The fourth-order valence-electron chi connectivity index (χ4n) is 2.38. The lowest BCUT2D eigenvalue weighted by atomic mass is 9.84. The predicted octanol–water partition coefficient (Wildman–Crippen LogP) is 3.69. The molecule has 0 aromatic carbocycles. The third-order valence-corrected chi connectivity index (χ3v) is 4.85. The molecule has 1 aliphatic rings. The molecule has 0 amide bonds. The van der Waals surface area contributed by atoms with Gasteiger partial charge in [0.25, 0.3) is 0 Å². The first-order valence-corrected chi connectivity index (χ1v) is 7.81. The van der Waals surface area contributed by atoms with Crippen molar-refractivity contribution < 1.29 is 0 Å². The molecule has 0 bridgehead atoms. The SMILES string of the molecule is CCC1CCC(NCCC(C)SC)CC1. The van der Waals surface area contributed by atoms with Gasteiger partial charge < -0.3 is 5.32 Å². The maximum absolute atomic E-state index is 3.72. The molecule has 15 heavy (non-hydrogen) atoms. The molecule has 2 heteroatoms. The second kappa shape index (κ2) is 7.56. The minimum absolute atomic E-state index is 0.810. The second-order valence-corrected chi connectivity index (χ2v) is 6.19. The molecule has 1 aliphatic carbocycles. The highest BCUT2D eigenvalue weighted by Crippen LogP contribution is 2.26. The Morgan fingerprint density at radius 2 is 1.93 bits per heavy atom. The van der Waals surface area contributed by atoms with Gasteiger partial charge in [-0.3, -0.25) is 0 Å². The molecule has 1 fully saturated rings. The van der Waals surface area contributed by atoms with Crippen LogP contribution in [0.5, 0.6) is 0 Å². The van der Waals surface area contributed by atoms with Crippen molar-refractivity contribution >= 4 is 11.8 Å². The van der Waals surface area contributed by atoms with Crippen molar-refractivity contribution in [3.63, 3.8) is 0 Å². The summed E-state index contributed by atoms with van der Waals surface area (Å²) in [7, 11) is 0. The van der Waals surface area contributed by atoms with Crippen molar-refractivity contribution in [3.8, 4) is 0 Å². The molecule has 90 valence electrons. The van der Waals surface area contributed by atoms with Gasteiger partial charge >= 0.3 is 0 Å². The minimum atomic E-state index is 0.810. The van der Waals surface area contributed by atoms with E-state index in [1.165, 1.54) is 45.1 Å². The van der Waals surface area contributed by atoms with E-state index in [4.69, 9.17) is 0 Å². The van der Waals surface area contributed by atoms with Gasteiger partial charge in [-0.15, -0.1) is 0 Å². The van der Waals surface area contributed by atoms with Gasteiger partial charge in [-0.25, -0.2) is 0 Å².